The Balaban J connectivity index is 1.35. The zero-order valence-electron chi connectivity index (χ0n) is 16.9. The largest absolute Gasteiger partial charge is 0.326 e. The van der Waals surface area contributed by atoms with Crippen molar-refractivity contribution in [2.75, 3.05) is 43.0 Å². The summed E-state index contributed by atoms with van der Waals surface area (Å²) in [6.45, 7) is 4.27. The summed E-state index contributed by atoms with van der Waals surface area (Å²) in [6.07, 6.45) is 2.00. The molecule has 2 fully saturated rings. The molecule has 0 unspecified atom stereocenters. The number of carbonyl (C=O) groups is 1. The van der Waals surface area contributed by atoms with Gasteiger partial charge >= 0.3 is 0 Å². The third-order valence-electron chi connectivity index (χ3n) is 5.35. The molecule has 1 aromatic carbocycles. The number of hydrogen-bond acceptors (Lipinski definition) is 6. The van der Waals surface area contributed by atoms with Gasteiger partial charge in [0.1, 0.15) is 4.21 Å². The van der Waals surface area contributed by atoms with Crippen LogP contribution in [0.5, 0.6) is 0 Å². The number of carbonyl (C=O) groups excluding carboxylic acids is 1. The number of nitrogens with one attached hydrogen (secondary N) is 1. The number of benzene rings is 1. The number of hydrogen-bond donors (Lipinski definition) is 1. The van der Waals surface area contributed by atoms with Crippen molar-refractivity contribution in [2.45, 2.75) is 30.0 Å². The third kappa shape index (κ3) is 5.45. The van der Waals surface area contributed by atoms with Crippen molar-refractivity contribution in [3.63, 3.8) is 0 Å². The van der Waals surface area contributed by atoms with Gasteiger partial charge in [-0.15, -0.1) is 11.3 Å². The molecule has 3 heterocycles. The first kappa shape index (κ1) is 21.8. The van der Waals surface area contributed by atoms with Gasteiger partial charge in [-0.3, -0.25) is 9.69 Å². The fourth-order valence-corrected chi connectivity index (χ4v) is 7.78. The van der Waals surface area contributed by atoms with Crippen LogP contribution in [0.2, 0.25) is 0 Å². The topological polar surface area (TPSA) is 69.7 Å². The predicted molar refractivity (Wildman–Crippen MR) is 124 cm³/mol. The van der Waals surface area contributed by atoms with E-state index in [0.29, 0.717) is 17.3 Å². The smallest absolute Gasteiger partial charge is 0.252 e. The summed E-state index contributed by atoms with van der Waals surface area (Å²) in [6, 6.07) is 11.3. The highest BCUT2D eigenvalue weighted by Crippen LogP contribution is 2.28. The van der Waals surface area contributed by atoms with Gasteiger partial charge in [0.25, 0.3) is 10.0 Å². The van der Waals surface area contributed by atoms with Crippen LogP contribution in [0.1, 0.15) is 23.3 Å². The quantitative estimate of drug-likeness (QED) is 0.680. The summed E-state index contributed by atoms with van der Waals surface area (Å²) in [4.78, 5) is 15.7. The molecule has 9 heteroatoms. The molecule has 6 nitrogen and oxygen atoms in total. The Labute approximate surface area is 186 Å². The van der Waals surface area contributed by atoms with Gasteiger partial charge in [0.15, 0.2) is 0 Å². The van der Waals surface area contributed by atoms with E-state index in [4.69, 9.17) is 0 Å². The second kappa shape index (κ2) is 9.82. The summed E-state index contributed by atoms with van der Waals surface area (Å²) in [5.41, 5.74) is 1.97. The van der Waals surface area contributed by atoms with Crippen LogP contribution in [-0.4, -0.2) is 61.2 Å². The third-order valence-corrected chi connectivity index (χ3v) is 9.75. The standard InChI is InChI=1S/C21H27N3O3S3/c25-20(15-19-6-7-21(29-19)30(26,27)24-8-1-2-9-24)22-18-5-3-4-17(14-18)16-23-10-12-28-13-11-23/h3-7,14H,1-2,8-13,15-16H2,(H,22,25). The van der Waals surface area contributed by atoms with Crippen LogP contribution in [-0.2, 0) is 27.8 Å². The lowest BCUT2D eigenvalue weighted by molar-refractivity contribution is -0.115. The maximum Gasteiger partial charge on any atom is 0.252 e. The predicted octanol–water partition coefficient (Wildman–Crippen LogP) is 3.26. The molecule has 0 spiro atoms. The number of amides is 1. The van der Waals surface area contributed by atoms with Crippen LogP contribution in [0.25, 0.3) is 0 Å². The molecule has 2 aliphatic heterocycles. The van der Waals surface area contributed by atoms with Gasteiger partial charge < -0.3 is 5.32 Å². The first-order valence-electron chi connectivity index (χ1n) is 10.3. The van der Waals surface area contributed by atoms with E-state index in [9.17, 15) is 13.2 Å². The SMILES string of the molecule is O=C(Cc1ccc(S(=O)(=O)N2CCCC2)s1)Nc1cccc(CN2CCSCC2)c1. The summed E-state index contributed by atoms with van der Waals surface area (Å²) >= 11 is 3.19. The Hall–Kier alpha value is -1.39. The van der Waals surface area contributed by atoms with E-state index in [1.54, 1.807) is 12.1 Å². The highest BCUT2D eigenvalue weighted by Gasteiger charge is 2.28. The van der Waals surface area contributed by atoms with Crippen LogP contribution in [0, 0.1) is 0 Å². The number of nitrogens with zero attached hydrogens (tertiary/aromatic N) is 2. The molecule has 0 bridgehead atoms. The number of thioether (sulfide) groups is 1. The molecule has 4 rings (SSSR count). The Bertz CT molecular complexity index is 978. The summed E-state index contributed by atoms with van der Waals surface area (Å²) in [5.74, 6) is 2.22. The van der Waals surface area contributed by atoms with E-state index in [-0.39, 0.29) is 12.3 Å². The molecule has 0 atom stereocenters. The number of rotatable bonds is 7. The minimum Gasteiger partial charge on any atom is -0.326 e. The Morgan fingerprint density at radius 1 is 1.03 bits per heavy atom. The van der Waals surface area contributed by atoms with E-state index >= 15 is 0 Å². The van der Waals surface area contributed by atoms with Gasteiger partial charge in [-0.1, -0.05) is 12.1 Å². The maximum absolute atomic E-state index is 12.7. The molecular weight excluding hydrogens is 438 g/mol. The zero-order valence-corrected chi connectivity index (χ0v) is 19.3. The van der Waals surface area contributed by atoms with Gasteiger partial charge in [-0.05, 0) is 42.7 Å². The second-order valence-electron chi connectivity index (χ2n) is 7.65. The van der Waals surface area contributed by atoms with Gasteiger partial charge in [-0.2, -0.15) is 16.1 Å². The minimum atomic E-state index is -3.42. The Morgan fingerprint density at radius 3 is 2.57 bits per heavy atom. The fourth-order valence-electron chi connectivity index (χ4n) is 3.78. The average molecular weight is 466 g/mol. The van der Waals surface area contributed by atoms with Crippen molar-refractivity contribution >= 4 is 44.7 Å². The van der Waals surface area contributed by atoms with Crippen LogP contribution in [0.15, 0.2) is 40.6 Å². The van der Waals surface area contributed by atoms with Crippen molar-refractivity contribution in [3.8, 4) is 0 Å². The molecule has 2 aliphatic rings. The molecule has 1 amide bonds. The van der Waals surface area contributed by atoms with E-state index in [0.717, 1.165) is 43.0 Å². The van der Waals surface area contributed by atoms with Crippen molar-refractivity contribution in [1.29, 1.82) is 0 Å². The van der Waals surface area contributed by atoms with E-state index < -0.39 is 10.0 Å². The number of sulfonamides is 1. The first-order valence-corrected chi connectivity index (χ1v) is 13.7. The molecule has 1 aromatic heterocycles. The molecule has 2 saturated heterocycles. The van der Waals surface area contributed by atoms with Crippen LogP contribution in [0.4, 0.5) is 5.69 Å². The van der Waals surface area contributed by atoms with Crippen LogP contribution < -0.4 is 5.32 Å². The average Bonchev–Trinajstić information content (AvgIpc) is 3.42. The molecular formula is C21H27N3O3S3. The monoisotopic (exact) mass is 465 g/mol. The molecule has 0 radical (unpaired) electrons. The van der Waals surface area contributed by atoms with E-state index in [1.807, 2.05) is 30.0 Å². The fraction of sp³-hybridized carbons (Fsp3) is 0.476. The molecule has 0 saturated carbocycles. The molecule has 30 heavy (non-hydrogen) atoms. The van der Waals surface area contributed by atoms with Crippen LogP contribution in [0.3, 0.4) is 0 Å². The molecule has 1 N–H and O–H groups in total. The summed E-state index contributed by atoms with van der Waals surface area (Å²) in [5, 5.41) is 2.96. The molecule has 2 aromatic rings. The molecule has 0 aliphatic carbocycles. The van der Waals surface area contributed by atoms with Crippen molar-refractivity contribution in [2.24, 2.45) is 0 Å². The van der Waals surface area contributed by atoms with E-state index in [1.165, 1.54) is 32.7 Å². The van der Waals surface area contributed by atoms with Crippen molar-refractivity contribution in [3.05, 3.63) is 46.8 Å². The lowest BCUT2D eigenvalue weighted by atomic mass is 10.2. The zero-order chi connectivity index (χ0) is 21.0. The number of thiophene rings is 1. The second-order valence-corrected chi connectivity index (χ2v) is 12.2. The van der Waals surface area contributed by atoms with Gasteiger partial charge in [-0.25, -0.2) is 8.42 Å². The van der Waals surface area contributed by atoms with E-state index in [2.05, 4.69) is 16.3 Å². The highest BCUT2D eigenvalue weighted by atomic mass is 32.2. The normalized spacial score (nSPS) is 18.5. The number of anilines is 1. The van der Waals surface area contributed by atoms with Crippen LogP contribution >= 0.6 is 23.1 Å². The maximum atomic E-state index is 12.7. The highest BCUT2D eigenvalue weighted by molar-refractivity contribution is 7.99. The van der Waals surface area contributed by atoms with Gasteiger partial charge in [0, 0.05) is 54.8 Å². The molecule has 162 valence electrons. The first-order chi connectivity index (χ1) is 14.5. The summed E-state index contributed by atoms with van der Waals surface area (Å²) < 4.78 is 27.2. The van der Waals surface area contributed by atoms with Crippen molar-refractivity contribution < 1.29 is 13.2 Å². The summed E-state index contributed by atoms with van der Waals surface area (Å²) in [7, 11) is -3.42. The van der Waals surface area contributed by atoms with Gasteiger partial charge in [0.05, 0.1) is 6.42 Å². The van der Waals surface area contributed by atoms with Crippen molar-refractivity contribution in [1.82, 2.24) is 9.21 Å². The lowest BCUT2D eigenvalue weighted by Crippen LogP contribution is -2.31. The van der Waals surface area contributed by atoms with Gasteiger partial charge in [0.2, 0.25) is 5.91 Å². The Kier molecular flexibility index (Phi) is 7.15. The Morgan fingerprint density at radius 2 is 1.80 bits per heavy atom. The minimum absolute atomic E-state index is 0.131. The lowest BCUT2D eigenvalue weighted by Gasteiger charge is -2.26.